The number of nitrogens with one attached hydrogen (secondary N) is 1. The molecular formula is C19H20N2O2S. The molecule has 5 heteroatoms. The van der Waals surface area contributed by atoms with E-state index in [2.05, 4.69) is 11.1 Å². The van der Waals surface area contributed by atoms with Gasteiger partial charge in [-0.15, -0.1) is 0 Å². The minimum absolute atomic E-state index is 0.201. The molecular weight excluding hydrogens is 320 g/mol. The molecule has 1 aliphatic heterocycles. The second kappa shape index (κ2) is 5.46. The van der Waals surface area contributed by atoms with Crippen LogP contribution in [0.5, 0.6) is 0 Å². The van der Waals surface area contributed by atoms with Crippen LogP contribution in [0.1, 0.15) is 29.8 Å². The van der Waals surface area contributed by atoms with Gasteiger partial charge in [-0.3, -0.25) is 0 Å². The normalized spacial score (nSPS) is 18.7. The standard InChI is InChI=1S/C19H20N2O2S/c1-13-7-9-15(10-8-13)24(22,23)21-12-11-17-16-5-3-4-6-18(16)20-19(17)14(21)2/h3-10,14,20H,11-12H2,1-2H3/t14-/m0/s1. The number of aryl methyl sites for hydroxylation is 1. The largest absolute Gasteiger partial charge is 0.357 e. The molecule has 1 atom stereocenters. The van der Waals surface area contributed by atoms with Crippen LogP contribution in [0.4, 0.5) is 0 Å². The summed E-state index contributed by atoms with van der Waals surface area (Å²) < 4.78 is 27.7. The summed E-state index contributed by atoms with van der Waals surface area (Å²) in [5.74, 6) is 0. The lowest BCUT2D eigenvalue weighted by Crippen LogP contribution is -2.38. The molecule has 4 rings (SSSR count). The number of aromatic nitrogens is 1. The Hall–Kier alpha value is -2.11. The Morgan fingerprint density at radius 2 is 1.79 bits per heavy atom. The van der Waals surface area contributed by atoms with Crippen molar-refractivity contribution in [3.05, 3.63) is 65.4 Å². The lowest BCUT2D eigenvalue weighted by atomic mass is 10.0. The van der Waals surface area contributed by atoms with Crippen LogP contribution in [0.3, 0.4) is 0 Å². The molecule has 3 aromatic rings. The number of hydrogen-bond donors (Lipinski definition) is 1. The number of para-hydroxylation sites is 1. The van der Waals surface area contributed by atoms with Crippen molar-refractivity contribution in [2.24, 2.45) is 0 Å². The zero-order valence-corrected chi connectivity index (χ0v) is 14.6. The average molecular weight is 340 g/mol. The zero-order valence-electron chi connectivity index (χ0n) is 13.8. The summed E-state index contributed by atoms with van der Waals surface area (Å²) in [5.41, 5.74) is 4.38. The molecule has 4 nitrogen and oxygen atoms in total. The van der Waals surface area contributed by atoms with Gasteiger partial charge in [0.1, 0.15) is 0 Å². The first-order chi connectivity index (χ1) is 11.5. The molecule has 0 amide bonds. The molecule has 0 spiro atoms. The number of H-pyrrole nitrogens is 1. The molecule has 0 aliphatic carbocycles. The highest BCUT2D eigenvalue weighted by atomic mass is 32.2. The van der Waals surface area contributed by atoms with E-state index in [1.165, 1.54) is 10.9 Å². The summed E-state index contributed by atoms with van der Waals surface area (Å²) in [6.45, 7) is 4.42. The van der Waals surface area contributed by atoms with Crippen molar-refractivity contribution >= 4 is 20.9 Å². The maximum atomic E-state index is 13.0. The molecule has 2 aromatic carbocycles. The van der Waals surface area contributed by atoms with E-state index in [0.29, 0.717) is 11.4 Å². The minimum atomic E-state index is -3.49. The molecule has 0 bridgehead atoms. The smallest absolute Gasteiger partial charge is 0.243 e. The number of benzene rings is 2. The van der Waals surface area contributed by atoms with Gasteiger partial charge in [-0.25, -0.2) is 8.42 Å². The van der Waals surface area contributed by atoms with Gasteiger partial charge in [0.25, 0.3) is 0 Å². The SMILES string of the molecule is Cc1ccc(S(=O)(=O)N2CCc3c([nH]c4ccccc34)[C@@H]2C)cc1. The van der Waals surface area contributed by atoms with Gasteiger partial charge >= 0.3 is 0 Å². The summed E-state index contributed by atoms with van der Waals surface area (Å²) >= 11 is 0. The topological polar surface area (TPSA) is 53.2 Å². The molecule has 1 aromatic heterocycles. The van der Waals surface area contributed by atoms with Crippen LogP contribution in [0.2, 0.25) is 0 Å². The van der Waals surface area contributed by atoms with E-state index in [1.807, 2.05) is 44.2 Å². The number of hydrogen-bond acceptors (Lipinski definition) is 2. The lowest BCUT2D eigenvalue weighted by molar-refractivity contribution is 0.322. The van der Waals surface area contributed by atoms with Crippen LogP contribution in [0, 0.1) is 6.92 Å². The summed E-state index contributed by atoms with van der Waals surface area (Å²) in [7, 11) is -3.49. The zero-order chi connectivity index (χ0) is 16.9. The van der Waals surface area contributed by atoms with E-state index in [-0.39, 0.29) is 6.04 Å². The second-order valence-corrected chi connectivity index (χ2v) is 8.31. The fourth-order valence-corrected chi connectivity index (χ4v) is 5.18. The predicted molar refractivity (Wildman–Crippen MR) is 95.5 cm³/mol. The number of fused-ring (bicyclic) bond motifs is 3. The van der Waals surface area contributed by atoms with Crippen molar-refractivity contribution < 1.29 is 8.42 Å². The third-order valence-electron chi connectivity index (χ3n) is 4.91. The predicted octanol–water partition coefficient (Wildman–Crippen LogP) is 3.78. The van der Waals surface area contributed by atoms with Gasteiger partial charge in [-0.05, 0) is 44.0 Å². The Labute approximate surface area is 142 Å². The van der Waals surface area contributed by atoms with Crippen LogP contribution in [-0.4, -0.2) is 24.3 Å². The maximum Gasteiger partial charge on any atom is 0.243 e. The van der Waals surface area contributed by atoms with E-state index in [4.69, 9.17) is 0 Å². The molecule has 1 N–H and O–H groups in total. The first-order valence-corrected chi connectivity index (χ1v) is 9.60. The summed E-state index contributed by atoms with van der Waals surface area (Å²) in [6.07, 6.45) is 0.731. The Morgan fingerprint density at radius 3 is 2.54 bits per heavy atom. The Balaban J connectivity index is 1.77. The highest BCUT2D eigenvalue weighted by Crippen LogP contribution is 2.37. The Morgan fingerprint density at radius 1 is 1.08 bits per heavy atom. The van der Waals surface area contributed by atoms with Gasteiger partial charge in [0.2, 0.25) is 10.0 Å². The highest BCUT2D eigenvalue weighted by molar-refractivity contribution is 7.89. The van der Waals surface area contributed by atoms with Crippen LogP contribution in [0.15, 0.2) is 53.4 Å². The maximum absolute atomic E-state index is 13.0. The summed E-state index contributed by atoms with van der Waals surface area (Å²) in [4.78, 5) is 3.78. The first-order valence-electron chi connectivity index (χ1n) is 8.16. The van der Waals surface area contributed by atoms with Gasteiger partial charge in [0, 0.05) is 23.1 Å². The van der Waals surface area contributed by atoms with Crippen LogP contribution >= 0.6 is 0 Å². The van der Waals surface area contributed by atoms with Gasteiger partial charge in [-0.2, -0.15) is 4.31 Å². The molecule has 2 heterocycles. The van der Waals surface area contributed by atoms with Crippen molar-refractivity contribution in [1.29, 1.82) is 0 Å². The third kappa shape index (κ3) is 2.27. The van der Waals surface area contributed by atoms with Gasteiger partial charge in [0.15, 0.2) is 0 Å². The van der Waals surface area contributed by atoms with Crippen molar-refractivity contribution in [3.8, 4) is 0 Å². The number of rotatable bonds is 2. The van der Waals surface area contributed by atoms with Crippen LogP contribution in [0.25, 0.3) is 10.9 Å². The van der Waals surface area contributed by atoms with E-state index < -0.39 is 10.0 Å². The fraction of sp³-hybridized carbons (Fsp3) is 0.263. The van der Waals surface area contributed by atoms with Gasteiger partial charge in [-0.1, -0.05) is 35.9 Å². The van der Waals surface area contributed by atoms with Crippen molar-refractivity contribution in [1.82, 2.24) is 9.29 Å². The van der Waals surface area contributed by atoms with Crippen LogP contribution < -0.4 is 0 Å². The number of aromatic amines is 1. The number of nitrogens with zero attached hydrogens (tertiary/aromatic N) is 1. The van der Waals surface area contributed by atoms with Crippen molar-refractivity contribution in [2.45, 2.75) is 31.2 Å². The van der Waals surface area contributed by atoms with Gasteiger partial charge in [0.05, 0.1) is 10.9 Å². The van der Waals surface area contributed by atoms with E-state index in [1.54, 1.807) is 16.4 Å². The summed E-state index contributed by atoms with van der Waals surface area (Å²) in [6, 6.07) is 15.0. The molecule has 0 fully saturated rings. The molecule has 0 unspecified atom stereocenters. The van der Waals surface area contributed by atoms with E-state index in [0.717, 1.165) is 23.2 Å². The third-order valence-corrected chi connectivity index (χ3v) is 6.89. The van der Waals surface area contributed by atoms with Crippen molar-refractivity contribution in [2.75, 3.05) is 6.54 Å². The lowest BCUT2D eigenvalue weighted by Gasteiger charge is -2.32. The van der Waals surface area contributed by atoms with Gasteiger partial charge < -0.3 is 4.98 Å². The molecule has 0 saturated carbocycles. The monoisotopic (exact) mass is 340 g/mol. The molecule has 0 radical (unpaired) electrons. The molecule has 1 aliphatic rings. The number of sulfonamides is 1. The fourth-order valence-electron chi connectivity index (χ4n) is 3.58. The summed E-state index contributed by atoms with van der Waals surface area (Å²) in [5, 5.41) is 1.20. The Bertz CT molecular complexity index is 1000. The van der Waals surface area contributed by atoms with E-state index >= 15 is 0 Å². The highest BCUT2D eigenvalue weighted by Gasteiger charge is 2.35. The van der Waals surface area contributed by atoms with Crippen molar-refractivity contribution in [3.63, 3.8) is 0 Å². The first kappa shape index (κ1) is 15.4. The quantitative estimate of drug-likeness (QED) is 0.772. The second-order valence-electron chi connectivity index (χ2n) is 6.42. The molecule has 124 valence electrons. The van der Waals surface area contributed by atoms with E-state index in [9.17, 15) is 8.42 Å². The Kier molecular flexibility index (Phi) is 3.51. The molecule has 24 heavy (non-hydrogen) atoms. The average Bonchev–Trinajstić information content (AvgIpc) is 2.95. The molecule has 0 saturated heterocycles. The van der Waals surface area contributed by atoms with Crippen LogP contribution in [-0.2, 0) is 16.4 Å². The minimum Gasteiger partial charge on any atom is -0.357 e.